The summed E-state index contributed by atoms with van der Waals surface area (Å²) in [4.78, 5) is 12.8. The highest BCUT2D eigenvalue weighted by Crippen LogP contribution is 2.26. The molecule has 3 heterocycles. The standard InChI is InChI=1S/C19H20FN5O/c20-15-10-22-19(23-11-15)25-8-7-24-13-18(6-3-16(24)12-25)26-17-4-1-14(9-21)2-5-17/h1-2,4-5,10-11,16,18H,3,6-8,12-13H2. The van der Waals surface area contributed by atoms with E-state index in [0.29, 0.717) is 17.6 Å². The molecule has 2 unspecified atom stereocenters. The van der Waals surface area contributed by atoms with Gasteiger partial charge in [-0.1, -0.05) is 0 Å². The number of hydrogen-bond acceptors (Lipinski definition) is 6. The summed E-state index contributed by atoms with van der Waals surface area (Å²) in [5.74, 6) is 1.00. The van der Waals surface area contributed by atoms with Gasteiger partial charge in [0.05, 0.1) is 24.0 Å². The molecule has 0 spiro atoms. The van der Waals surface area contributed by atoms with Crippen LogP contribution in [0.25, 0.3) is 0 Å². The van der Waals surface area contributed by atoms with Crippen molar-refractivity contribution in [3.63, 3.8) is 0 Å². The number of anilines is 1. The number of rotatable bonds is 3. The quantitative estimate of drug-likeness (QED) is 0.843. The zero-order valence-corrected chi connectivity index (χ0v) is 14.4. The van der Waals surface area contributed by atoms with Crippen LogP contribution in [0.3, 0.4) is 0 Å². The highest BCUT2D eigenvalue weighted by Gasteiger charge is 2.34. The topological polar surface area (TPSA) is 65.3 Å². The molecule has 0 amide bonds. The highest BCUT2D eigenvalue weighted by molar-refractivity contribution is 5.34. The lowest BCUT2D eigenvalue weighted by Crippen LogP contribution is -2.58. The van der Waals surface area contributed by atoms with Crippen LogP contribution >= 0.6 is 0 Å². The molecule has 1 aromatic heterocycles. The zero-order valence-electron chi connectivity index (χ0n) is 14.4. The number of aromatic nitrogens is 2. The van der Waals surface area contributed by atoms with Crippen molar-refractivity contribution in [1.29, 1.82) is 5.26 Å². The molecule has 0 aliphatic carbocycles. The van der Waals surface area contributed by atoms with Crippen molar-refractivity contribution in [2.75, 3.05) is 31.1 Å². The summed E-state index contributed by atoms with van der Waals surface area (Å²) in [7, 11) is 0. The summed E-state index contributed by atoms with van der Waals surface area (Å²) < 4.78 is 19.1. The SMILES string of the molecule is N#Cc1ccc(OC2CCC3CN(c4ncc(F)cn4)CCN3C2)cc1. The molecule has 134 valence electrons. The summed E-state index contributed by atoms with van der Waals surface area (Å²) in [6, 6.07) is 9.83. The minimum atomic E-state index is -0.409. The minimum absolute atomic E-state index is 0.160. The molecule has 0 bridgehead atoms. The van der Waals surface area contributed by atoms with E-state index in [1.54, 1.807) is 12.1 Å². The summed E-state index contributed by atoms with van der Waals surface area (Å²) in [5, 5.41) is 8.87. The fourth-order valence-electron chi connectivity index (χ4n) is 3.69. The lowest BCUT2D eigenvalue weighted by molar-refractivity contribution is 0.0430. The molecule has 2 aliphatic rings. The molecule has 2 saturated heterocycles. The number of nitrogens with zero attached hydrogens (tertiary/aromatic N) is 5. The van der Waals surface area contributed by atoms with Gasteiger partial charge >= 0.3 is 0 Å². The van der Waals surface area contributed by atoms with Crippen molar-refractivity contribution in [3.05, 3.63) is 48.0 Å². The molecule has 6 nitrogen and oxygen atoms in total. The second-order valence-corrected chi connectivity index (χ2v) is 6.75. The van der Waals surface area contributed by atoms with E-state index in [0.717, 1.165) is 44.8 Å². The summed E-state index contributed by atoms with van der Waals surface area (Å²) >= 11 is 0. The van der Waals surface area contributed by atoms with Gasteiger partial charge in [0.15, 0.2) is 5.82 Å². The van der Waals surface area contributed by atoms with E-state index >= 15 is 0 Å². The van der Waals surface area contributed by atoms with Gasteiger partial charge < -0.3 is 9.64 Å². The van der Waals surface area contributed by atoms with Gasteiger partial charge in [0.2, 0.25) is 5.95 Å². The maximum absolute atomic E-state index is 13.0. The van der Waals surface area contributed by atoms with Crippen molar-refractivity contribution in [1.82, 2.24) is 14.9 Å². The average molecular weight is 353 g/mol. The number of halogens is 1. The van der Waals surface area contributed by atoms with Crippen molar-refractivity contribution >= 4 is 5.95 Å². The van der Waals surface area contributed by atoms with Gasteiger partial charge in [-0.25, -0.2) is 14.4 Å². The van der Waals surface area contributed by atoms with E-state index < -0.39 is 5.82 Å². The Balaban J connectivity index is 1.34. The molecule has 0 radical (unpaired) electrons. The highest BCUT2D eigenvalue weighted by atomic mass is 19.1. The first-order valence-corrected chi connectivity index (χ1v) is 8.84. The molecule has 2 fully saturated rings. The number of benzene rings is 1. The van der Waals surface area contributed by atoms with Gasteiger partial charge in [-0.15, -0.1) is 0 Å². The Bertz CT molecular complexity index is 789. The number of piperidine rings is 1. The van der Waals surface area contributed by atoms with Crippen LogP contribution in [0.4, 0.5) is 10.3 Å². The van der Waals surface area contributed by atoms with Crippen LogP contribution in [0.5, 0.6) is 5.75 Å². The van der Waals surface area contributed by atoms with Crippen LogP contribution in [0.15, 0.2) is 36.7 Å². The van der Waals surface area contributed by atoms with Gasteiger partial charge in [0, 0.05) is 32.2 Å². The lowest BCUT2D eigenvalue weighted by atomic mass is 9.97. The van der Waals surface area contributed by atoms with E-state index in [2.05, 4.69) is 25.8 Å². The predicted octanol–water partition coefficient (Wildman–Crippen LogP) is 2.22. The summed E-state index contributed by atoms with van der Waals surface area (Å²) in [6.07, 6.45) is 4.62. The third-order valence-corrected chi connectivity index (χ3v) is 5.04. The number of hydrogen-bond donors (Lipinski definition) is 0. The fourth-order valence-corrected chi connectivity index (χ4v) is 3.69. The van der Waals surface area contributed by atoms with Crippen molar-refractivity contribution in [2.45, 2.75) is 25.0 Å². The maximum Gasteiger partial charge on any atom is 0.225 e. The average Bonchev–Trinajstić information content (AvgIpc) is 2.69. The fraction of sp³-hybridized carbons (Fsp3) is 0.421. The minimum Gasteiger partial charge on any atom is -0.489 e. The molecule has 2 atom stereocenters. The second-order valence-electron chi connectivity index (χ2n) is 6.75. The van der Waals surface area contributed by atoms with Crippen LogP contribution in [0.2, 0.25) is 0 Å². The number of nitriles is 1. The third-order valence-electron chi connectivity index (χ3n) is 5.04. The number of piperazine rings is 1. The van der Waals surface area contributed by atoms with Crippen LogP contribution in [-0.2, 0) is 0 Å². The predicted molar refractivity (Wildman–Crippen MR) is 94.4 cm³/mol. The van der Waals surface area contributed by atoms with Crippen LogP contribution in [-0.4, -0.2) is 53.2 Å². The van der Waals surface area contributed by atoms with Crippen LogP contribution in [0.1, 0.15) is 18.4 Å². The number of fused-ring (bicyclic) bond motifs is 1. The van der Waals surface area contributed by atoms with E-state index in [1.807, 2.05) is 12.1 Å². The van der Waals surface area contributed by atoms with E-state index in [-0.39, 0.29) is 6.10 Å². The van der Waals surface area contributed by atoms with Crippen molar-refractivity contribution in [2.24, 2.45) is 0 Å². The first kappa shape index (κ1) is 16.7. The van der Waals surface area contributed by atoms with Gasteiger partial charge in [0.25, 0.3) is 0 Å². The Hall–Kier alpha value is -2.72. The molecule has 0 N–H and O–H groups in total. The summed E-state index contributed by atoms with van der Waals surface area (Å²) in [5.41, 5.74) is 0.639. The Labute approximate surface area is 151 Å². The van der Waals surface area contributed by atoms with Gasteiger partial charge in [-0.3, -0.25) is 4.90 Å². The van der Waals surface area contributed by atoms with Gasteiger partial charge in [-0.05, 0) is 37.1 Å². The lowest BCUT2D eigenvalue weighted by Gasteiger charge is -2.46. The van der Waals surface area contributed by atoms with Crippen LogP contribution < -0.4 is 9.64 Å². The molecule has 2 aliphatic heterocycles. The number of ether oxygens (including phenoxy) is 1. The van der Waals surface area contributed by atoms with Crippen molar-refractivity contribution < 1.29 is 9.13 Å². The molecule has 1 aromatic carbocycles. The third kappa shape index (κ3) is 3.60. The Kier molecular flexibility index (Phi) is 4.67. The smallest absolute Gasteiger partial charge is 0.225 e. The molecular formula is C19H20FN5O. The second kappa shape index (κ2) is 7.26. The molecule has 2 aromatic rings. The summed E-state index contributed by atoms with van der Waals surface area (Å²) in [6.45, 7) is 3.49. The van der Waals surface area contributed by atoms with E-state index in [4.69, 9.17) is 10.00 Å². The maximum atomic E-state index is 13.0. The largest absolute Gasteiger partial charge is 0.489 e. The Morgan fingerprint density at radius 2 is 1.85 bits per heavy atom. The van der Waals surface area contributed by atoms with Crippen LogP contribution in [0, 0.1) is 17.1 Å². The van der Waals surface area contributed by atoms with E-state index in [9.17, 15) is 4.39 Å². The Morgan fingerprint density at radius 3 is 2.58 bits per heavy atom. The first-order chi connectivity index (χ1) is 12.7. The molecule has 7 heteroatoms. The molecule has 0 saturated carbocycles. The first-order valence-electron chi connectivity index (χ1n) is 8.84. The van der Waals surface area contributed by atoms with E-state index in [1.165, 1.54) is 12.4 Å². The Morgan fingerprint density at radius 1 is 1.08 bits per heavy atom. The van der Waals surface area contributed by atoms with Crippen molar-refractivity contribution in [3.8, 4) is 11.8 Å². The normalized spacial score (nSPS) is 23.2. The molecular weight excluding hydrogens is 333 g/mol. The van der Waals surface area contributed by atoms with Gasteiger partial charge in [-0.2, -0.15) is 5.26 Å². The monoisotopic (exact) mass is 353 g/mol. The van der Waals surface area contributed by atoms with Gasteiger partial charge in [0.1, 0.15) is 11.9 Å². The molecule has 26 heavy (non-hydrogen) atoms. The zero-order chi connectivity index (χ0) is 17.9. The molecule has 4 rings (SSSR count).